The van der Waals surface area contributed by atoms with E-state index in [1.54, 1.807) is 18.2 Å². The van der Waals surface area contributed by atoms with Crippen LogP contribution in [0, 0.1) is 0 Å². The average Bonchev–Trinajstić information content (AvgIpc) is 2.43. The van der Waals surface area contributed by atoms with E-state index in [1.165, 1.54) is 13.1 Å². The number of halogens is 2. The highest BCUT2D eigenvalue weighted by atomic mass is 79.9. The first-order valence-corrected chi connectivity index (χ1v) is 8.54. The van der Waals surface area contributed by atoms with Gasteiger partial charge >= 0.3 is 0 Å². The van der Waals surface area contributed by atoms with Crippen LogP contribution in [0.25, 0.3) is 0 Å². The Kier molecular flexibility index (Phi) is 4.77. The normalized spacial score (nSPS) is 11.4. The molecule has 0 fully saturated rings. The van der Waals surface area contributed by atoms with Gasteiger partial charge in [-0.05, 0) is 59.4 Å². The van der Waals surface area contributed by atoms with Gasteiger partial charge in [-0.1, -0.05) is 11.6 Å². The van der Waals surface area contributed by atoms with Crippen molar-refractivity contribution < 1.29 is 8.42 Å². The number of anilines is 3. The highest BCUT2D eigenvalue weighted by molar-refractivity contribution is 9.10. The maximum Gasteiger partial charge on any atom is 0.242 e. The molecular weight excluding hydrogens is 378 g/mol. The van der Waals surface area contributed by atoms with E-state index in [2.05, 4.69) is 26.0 Å². The summed E-state index contributed by atoms with van der Waals surface area (Å²) in [5.74, 6) is 0. The third kappa shape index (κ3) is 3.68. The molecule has 0 aliphatic rings. The van der Waals surface area contributed by atoms with Gasteiger partial charge in [-0.15, -0.1) is 0 Å². The van der Waals surface area contributed by atoms with Crippen LogP contribution in [0.5, 0.6) is 0 Å². The number of nitrogens with two attached hydrogens (primary N) is 1. The fourth-order valence-electron chi connectivity index (χ4n) is 1.72. The summed E-state index contributed by atoms with van der Waals surface area (Å²) in [6, 6.07) is 10.0. The fraction of sp³-hybridized carbons (Fsp3) is 0.0769. The summed E-state index contributed by atoms with van der Waals surface area (Å²) in [7, 11) is -2.22. The number of rotatable bonds is 4. The van der Waals surface area contributed by atoms with E-state index < -0.39 is 10.0 Å². The predicted octanol–water partition coefficient (Wildman–Crippen LogP) is 3.34. The van der Waals surface area contributed by atoms with Gasteiger partial charge in [0, 0.05) is 15.8 Å². The first-order valence-electron chi connectivity index (χ1n) is 5.88. The molecule has 21 heavy (non-hydrogen) atoms. The third-order valence-corrected chi connectivity index (χ3v) is 5.50. The minimum absolute atomic E-state index is 0.0457. The van der Waals surface area contributed by atoms with Crippen LogP contribution in [0.15, 0.2) is 45.8 Å². The molecular formula is C13H13BrClN3O2S. The summed E-state index contributed by atoms with van der Waals surface area (Å²) in [4.78, 5) is 0.0457. The van der Waals surface area contributed by atoms with Gasteiger partial charge < -0.3 is 11.1 Å². The van der Waals surface area contributed by atoms with Gasteiger partial charge in [-0.25, -0.2) is 13.1 Å². The number of hydrogen-bond donors (Lipinski definition) is 3. The van der Waals surface area contributed by atoms with Crippen molar-refractivity contribution in [2.24, 2.45) is 0 Å². The Morgan fingerprint density at radius 1 is 1.14 bits per heavy atom. The molecule has 0 aliphatic carbocycles. The molecule has 4 N–H and O–H groups in total. The molecule has 0 amide bonds. The number of hydrogen-bond acceptors (Lipinski definition) is 4. The van der Waals surface area contributed by atoms with E-state index in [0.717, 1.165) is 10.2 Å². The highest BCUT2D eigenvalue weighted by Crippen LogP contribution is 2.29. The van der Waals surface area contributed by atoms with Crippen molar-refractivity contribution in [1.29, 1.82) is 0 Å². The lowest BCUT2D eigenvalue weighted by molar-refractivity contribution is 0.588. The summed E-state index contributed by atoms with van der Waals surface area (Å²) in [6.07, 6.45) is 0. The Morgan fingerprint density at radius 2 is 1.76 bits per heavy atom. The summed E-state index contributed by atoms with van der Waals surface area (Å²) in [5, 5.41) is 3.68. The summed E-state index contributed by atoms with van der Waals surface area (Å²) < 4.78 is 26.5. The Morgan fingerprint density at radius 3 is 2.33 bits per heavy atom. The van der Waals surface area contributed by atoms with Crippen molar-refractivity contribution in [3.8, 4) is 0 Å². The summed E-state index contributed by atoms with van der Waals surface area (Å²) in [6.45, 7) is 0. The number of benzene rings is 2. The van der Waals surface area contributed by atoms with E-state index in [1.807, 2.05) is 12.1 Å². The zero-order valence-electron chi connectivity index (χ0n) is 11.0. The standard InChI is InChI=1S/C13H13BrClN3O2S/c1-17-21(19,20)13-5-3-9(7-12(13)16)18-8-2-4-10(14)11(15)6-8/h2-7,17-18H,16H2,1H3. The van der Waals surface area contributed by atoms with Crippen molar-refractivity contribution in [3.63, 3.8) is 0 Å². The van der Waals surface area contributed by atoms with Crippen molar-refractivity contribution in [2.45, 2.75) is 4.90 Å². The second-order valence-corrected chi connectivity index (χ2v) is 7.33. The Balaban J connectivity index is 2.30. The SMILES string of the molecule is CNS(=O)(=O)c1ccc(Nc2ccc(Br)c(Cl)c2)cc1N. The molecule has 0 spiro atoms. The van der Waals surface area contributed by atoms with Crippen LogP contribution in [0.1, 0.15) is 0 Å². The van der Waals surface area contributed by atoms with Gasteiger partial charge in [0.05, 0.1) is 10.7 Å². The van der Waals surface area contributed by atoms with Gasteiger partial charge in [0.2, 0.25) is 10.0 Å². The quantitative estimate of drug-likeness (QED) is 0.699. The van der Waals surface area contributed by atoms with Gasteiger partial charge in [-0.3, -0.25) is 0 Å². The molecule has 5 nitrogen and oxygen atoms in total. The molecule has 0 heterocycles. The molecule has 2 rings (SSSR count). The van der Waals surface area contributed by atoms with Crippen LogP contribution in [0.2, 0.25) is 5.02 Å². The number of sulfonamides is 1. The molecule has 0 aliphatic heterocycles. The van der Waals surface area contributed by atoms with Gasteiger partial charge in [0.25, 0.3) is 0 Å². The van der Waals surface area contributed by atoms with Crippen molar-refractivity contribution in [3.05, 3.63) is 45.9 Å². The molecule has 0 unspecified atom stereocenters. The topological polar surface area (TPSA) is 84.2 Å². The molecule has 0 saturated carbocycles. The molecule has 8 heteroatoms. The van der Waals surface area contributed by atoms with Crippen molar-refractivity contribution in [2.75, 3.05) is 18.1 Å². The summed E-state index contributed by atoms with van der Waals surface area (Å²) in [5.41, 5.74) is 7.40. The molecule has 2 aromatic rings. The van der Waals surface area contributed by atoms with Gasteiger partial charge in [0.1, 0.15) is 4.90 Å². The maximum absolute atomic E-state index is 11.7. The maximum atomic E-state index is 11.7. The molecule has 0 radical (unpaired) electrons. The monoisotopic (exact) mass is 389 g/mol. The Hall–Kier alpha value is -1.28. The lowest BCUT2D eigenvalue weighted by Gasteiger charge is -2.11. The van der Waals surface area contributed by atoms with Crippen LogP contribution >= 0.6 is 27.5 Å². The Bertz CT molecular complexity index is 781. The van der Waals surface area contributed by atoms with Crippen LogP contribution in [0.3, 0.4) is 0 Å². The van der Waals surface area contributed by atoms with E-state index in [9.17, 15) is 8.42 Å². The van der Waals surface area contributed by atoms with E-state index in [-0.39, 0.29) is 10.6 Å². The van der Waals surface area contributed by atoms with Crippen LogP contribution in [-0.2, 0) is 10.0 Å². The van der Waals surface area contributed by atoms with Crippen molar-refractivity contribution >= 4 is 54.6 Å². The van der Waals surface area contributed by atoms with Crippen LogP contribution in [-0.4, -0.2) is 15.5 Å². The van der Waals surface area contributed by atoms with E-state index in [4.69, 9.17) is 17.3 Å². The molecule has 112 valence electrons. The zero-order valence-corrected chi connectivity index (χ0v) is 14.2. The van der Waals surface area contributed by atoms with Crippen molar-refractivity contribution in [1.82, 2.24) is 4.72 Å². The highest BCUT2D eigenvalue weighted by Gasteiger charge is 2.15. The van der Waals surface area contributed by atoms with E-state index >= 15 is 0 Å². The largest absolute Gasteiger partial charge is 0.398 e. The molecule has 0 aromatic heterocycles. The van der Waals surface area contributed by atoms with Gasteiger partial charge in [0.15, 0.2) is 0 Å². The minimum Gasteiger partial charge on any atom is -0.398 e. The lowest BCUT2D eigenvalue weighted by Crippen LogP contribution is -2.19. The molecule has 0 bridgehead atoms. The zero-order chi connectivity index (χ0) is 15.6. The van der Waals surface area contributed by atoms with E-state index in [0.29, 0.717) is 10.7 Å². The number of nitrogen functional groups attached to an aromatic ring is 1. The molecule has 0 atom stereocenters. The lowest BCUT2D eigenvalue weighted by atomic mass is 10.2. The predicted molar refractivity (Wildman–Crippen MR) is 89.5 cm³/mol. The minimum atomic E-state index is -3.56. The first-order chi connectivity index (χ1) is 9.83. The average molecular weight is 391 g/mol. The fourth-order valence-corrected chi connectivity index (χ4v) is 2.98. The van der Waals surface area contributed by atoms with Gasteiger partial charge in [-0.2, -0.15) is 0 Å². The second kappa shape index (κ2) is 6.23. The summed E-state index contributed by atoms with van der Waals surface area (Å²) >= 11 is 9.33. The smallest absolute Gasteiger partial charge is 0.242 e. The number of nitrogens with one attached hydrogen (secondary N) is 2. The molecule has 2 aromatic carbocycles. The van der Waals surface area contributed by atoms with Crippen LogP contribution in [0.4, 0.5) is 17.1 Å². The third-order valence-electron chi connectivity index (χ3n) is 2.78. The molecule has 0 saturated heterocycles. The van der Waals surface area contributed by atoms with Crippen LogP contribution < -0.4 is 15.8 Å². The first kappa shape index (κ1) is 16.1. The second-order valence-electron chi connectivity index (χ2n) is 4.21. The Labute approximate surface area is 136 Å².